The number of nitriles is 1. The van der Waals surface area contributed by atoms with E-state index in [0.29, 0.717) is 41.3 Å². The maximum atomic E-state index is 13.7. The van der Waals surface area contributed by atoms with Gasteiger partial charge in [0.25, 0.3) is 0 Å². The average Bonchev–Trinajstić information content (AvgIpc) is 3.32. The molecule has 3 saturated heterocycles. The summed E-state index contributed by atoms with van der Waals surface area (Å²) in [7, 11) is 0. The number of benzene rings is 2. The molecule has 158 valence electrons. The van der Waals surface area contributed by atoms with Crippen LogP contribution in [0.15, 0.2) is 36.4 Å². The number of anilines is 1. The van der Waals surface area contributed by atoms with Crippen molar-refractivity contribution in [1.29, 1.82) is 5.26 Å². The SMILES string of the molecule is CC(=O)OCCC12CCC(C)(O1)C1C(=O)N(c3ccc(C#N)c4ccccc34)C(=O)C12. The minimum atomic E-state index is -0.807. The van der Waals surface area contributed by atoms with Crippen LogP contribution in [0.25, 0.3) is 10.8 Å². The summed E-state index contributed by atoms with van der Waals surface area (Å²) >= 11 is 0. The molecule has 7 heteroatoms. The van der Waals surface area contributed by atoms with E-state index in [1.54, 1.807) is 12.1 Å². The van der Waals surface area contributed by atoms with Gasteiger partial charge in [0.1, 0.15) is 0 Å². The fourth-order valence-corrected chi connectivity index (χ4v) is 5.79. The lowest BCUT2D eigenvalue weighted by Gasteiger charge is -2.30. The summed E-state index contributed by atoms with van der Waals surface area (Å²) in [5.41, 5.74) is -0.534. The van der Waals surface area contributed by atoms with E-state index in [-0.39, 0.29) is 24.4 Å². The van der Waals surface area contributed by atoms with Gasteiger partial charge in [-0.1, -0.05) is 24.3 Å². The Kier molecular flexibility index (Phi) is 4.21. The summed E-state index contributed by atoms with van der Waals surface area (Å²) in [6.07, 6.45) is 1.70. The van der Waals surface area contributed by atoms with Crippen LogP contribution in [-0.2, 0) is 23.9 Å². The minimum Gasteiger partial charge on any atom is -0.466 e. The Morgan fingerprint density at radius 3 is 2.58 bits per heavy atom. The molecule has 2 aromatic carbocycles. The number of esters is 1. The third kappa shape index (κ3) is 2.64. The van der Waals surface area contributed by atoms with Crippen LogP contribution in [0.4, 0.5) is 5.69 Å². The monoisotopic (exact) mass is 418 g/mol. The van der Waals surface area contributed by atoms with Crippen LogP contribution >= 0.6 is 0 Å². The molecule has 3 heterocycles. The first-order chi connectivity index (χ1) is 14.8. The first kappa shape index (κ1) is 19.7. The van der Waals surface area contributed by atoms with Crippen molar-refractivity contribution in [1.82, 2.24) is 0 Å². The van der Waals surface area contributed by atoms with E-state index in [2.05, 4.69) is 6.07 Å². The number of fused-ring (bicyclic) bond motifs is 6. The van der Waals surface area contributed by atoms with Crippen molar-refractivity contribution in [3.8, 4) is 6.07 Å². The van der Waals surface area contributed by atoms with Crippen molar-refractivity contribution >= 4 is 34.2 Å². The maximum Gasteiger partial charge on any atom is 0.302 e. The van der Waals surface area contributed by atoms with Crippen LogP contribution < -0.4 is 4.90 Å². The molecule has 4 atom stereocenters. The van der Waals surface area contributed by atoms with Gasteiger partial charge in [-0.25, -0.2) is 4.90 Å². The second-order valence-corrected chi connectivity index (χ2v) is 8.83. The summed E-state index contributed by atoms with van der Waals surface area (Å²) in [6, 6.07) is 12.8. The van der Waals surface area contributed by atoms with Crippen LogP contribution in [0.5, 0.6) is 0 Å². The smallest absolute Gasteiger partial charge is 0.302 e. The van der Waals surface area contributed by atoms with E-state index >= 15 is 0 Å². The van der Waals surface area contributed by atoms with Gasteiger partial charge in [-0.05, 0) is 31.9 Å². The Labute approximate surface area is 179 Å². The predicted molar refractivity (Wildman–Crippen MR) is 111 cm³/mol. The van der Waals surface area contributed by atoms with E-state index < -0.39 is 23.0 Å². The zero-order chi connectivity index (χ0) is 22.0. The molecule has 0 aromatic heterocycles. The van der Waals surface area contributed by atoms with Crippen molar-refractivity contribution in [2.45, 2.75) is 44.3 Å². The second-order valence-electron chi connectivity index (χ2n) is 8.83. The lowest BCUT2D eigenvalue weighted by Crippen LogP contribution is -2.43. The molecule has 4 unspecified atom stereocenters. The molecular formula is C24H22N2O5. The Balaban J connectivity index is 1.57. The highest BCUT2D eigenvalue weighted by Crippen LogP contribution is 2.62. The number of amides is 2. The number of ether oxygens (including phenoxy) is 2. The molecule has 31 heavy (non-hydrogen) atoms. The van der Waals surface area contributed by atoms with Gasteiger partial charge >= 0.3 is 5.97 Å². The first-order valence-electron chi connectivity index (χ1n) is 10.4. The molecule has 3 aliphatic heterocycles. The largest absolute Gasteiger partial charge is 0.466 e. The van der Waals surface area contributed by atoms with Gasteiger partial charge < -0.3 is 9.47 Å². The van der Waals surface area contributed by atoms with Gasteiger partial charge in [0.2, 0.25) is 11.8 Å². The number of imide groups is 1. The third-order valence-corrected chi connectivity index (χ3v) is 7.10. The van der Waals surface area contributed by atoms with E-state index in [1.807, 2.05) is 31.2 Å². The number of rotatable bonds is 4. The molecule has 7 nitrogen and oxygen atoms in total. The normalized spacial score (nSPS) is 31.2. The number of hydrogen-bond donors (Lipinski definition) is 0. The summed E-state index contributed by atoms with van der Waals surface area (Å²) in [4.78, 5) is 39.8. The highest BCUT2D eigenvalue weighted by Gasteiger charge is 2.73. The van der Waals surface area contributed by atoms with Crippen molar-refractivity contribution in [2.75, 3.05) is 11.5 Å². The minimum absolute atomic E-state index is 0.149. The van der Waals surface area contributed by atoms with Gasteiger partial charge in [-0.15, -0.1) is 0 Å². The molecular weight excluding hydrogens is 396 g/mol. The Morgan fingerprint density at radius 1 is 1.16 bits per heavy atom. The van der Waals surface area contributed by atoms with Crippen molar-refractivity contribution < 1.29 is 23.9 Å². The van der Waals surface area contributed by atoms with E-state index in [9.17, 15) is 19.6 Å². The zero-order valence-electron chi connectivity index (χ0n) is 17.4. The summed E-state index contributed by atoms with van der Waals surface area (Å²) in [5.74, 6) is -2.10. The highest BCUT2D eigenvalue weighted by atomic mass is 16.6. The molecule has 2 bridgehead atoms. The van der Waals surface area contributed by atoms with E-state index in [4.69, 9.17) is 9.47 Å². The average molecular weight is 418 g/mol. The molecule has 0 N–H and O–H groups in total. The number of nitrogens with zero attached hydrogens (tertiary/aromatic N) is 2. The summed E-state index contributed by atoms with van der Waals surface area (Å²) in [5, 5.41) is 10.8. The lowest BCUT2D eigenvalue weighted by atomic mass is 9.67. The van der Waals surface area contributed by atoms with Crippen LogP contribution in [0.3, 0.4) is 0 Å². The van der Waals surface area contributed by atoms with Crippen LogP contribution in [0, 0.1) is 23.2 Å². The Bertz CT molecular complexity index is 1180. The fraction of sp³-hybridized carbons (Fsp3) is 0.417. The fourth-order valence-electron chi connectivity index (χ4n) is 5.79. The topological polar surface area (TPSA) is 96.7 Å². The molecule has 2 aromatic rings. The molecule has 0 saturated carbocycles. The molecule has 0 spiro atoms. The van der Waals surface area contributed by atoms with Crippen molar-refractivity contribution in [3.05, 3.63) is 42.0 Å². The van der Waals surface area contributed by atoms with Crippen molar-refractivity contribution in [3.63, 3.8) is 0 Å². The van der Waals surface area contributed by atoms with Crippen LogP contribution in [-0.4, -0.2) is 35.6 Å². The van der Waals surface area contributed by atoms with E-state index in [0.717, 1.165) is 0 Å². The Hall–Kier alpha value is -3.24. The maximum absolute atomic E-state index is 13.7. The summed E-state index contributed by atoms with van der Waals surface area (Å²) in [6.45, 7) is 3.39. The molecule has 5 rings (SSSR count). The molecule has 0 radical (unpaired) electrons. The van der Waals surface area contributed by atoms with Crippen LogP contribution in [0.2, 0.25) is 0 Å². The van der Waals surface area contributed by atoms with Crippen molar-refractivity contribution in [2.24, 2.45) is 11.8 Å². The van der Waals surface area contributed by atoms with Gasteiger partial charge in [-0.3, -0.25) is 14.4 Å². The standard InChI is InChI=1S/C24H22N2O5/c1-14(27)30-12-11-24-10-9-23(2,31-24)19-20(24)22(29)26(21(19)28)18-8-7-15(13-25)16-5-3-4-6-17(16)18/h3-8,19-20H,9-12H2,1-2H3. The van der Waals surface area contributed by atoms with Gasteiger partial charge in [0.15, 0.2) is 0 Å². The molecule has 3 fully saturated rings. The highest BCUT2D eigenvalue weighted by molar-refractivity contribution is 6.26. The number of carbonyl (C=O) groups excluding carboxylic acids is 3. The zero-order valence-corrected chi connectivity index (χ0v) is 17.4. The van der Waals surface area contributed by atoms with E-state index in [1.165, 1.54) is 11.8 Å². The van der Waals surface area contributed by atoms with Gasteiger partial charge in [0, 0.05) is 24.1 Å². The summed E-state index contributed by atoms with van der Waals surface area (Å²) < 4.78 is 11.5. The molecule has 3 aliphatic rings. The van der Waals surface area contributed by atoms with Crippen LogP contribution in [0.1, 0.15) is 38.7 Å². The second kappa shape index (κ2) is 6.63. The Morgan fingerprint density at radius 2 is 1.87 bits per heavy atom. The number of carbonyl (C=O) groups is 3. The van der Waals surface area contributed by atoms with Gasteiger partial charge in [-0.2, -0.15) is 5.26 Å². The quantitative estimate of drug-likeness (QED) is 0.559. The first-order valence-corrected chi connectivity index (χ1v) is 10.4. The lowest BCUT2D eigenvalue weighted by molar-refractivity contribution is -0.144. The third-order valence-electron chi connectivity index (χ3n) is 7.10. The predicted octanol–water partition coefficient (Wildman–Crippen LogP) is 3.09. The molecule has 0 aliphatic carbocycles. The molecule has 2 amide bonds. The van der Waals surface area contributed by atoms with Gasteiger partial charge in [0.05, 0.1) is 47.0 Å². The number of hydrogen-bond acceptors (Lipinski definition) is 6.